The van der Waals surface area contributed by atoms with Crippen LogP contribution in [0.1, 0.15) is 19.8 Å². The van der Waals surface area contributed by atoms with Crippen LogP contribution in [0.4, 0.5) is 5.82 Å². The van der Waals surface area contributed by atoms with E-state index in [2.05, 4.69) is 28.5 Å². The maximum atomic E-state index is 5.78. The number of nitrogens with one attached hydrogen (secondary N) is 1. The number of alkyl halides is 1. The number of fused-ring (bicyclic) bond motifs is 1. The zero-order valence-electron chi connectivity index (χ0n) is 9.86. The second-order valence-electron chi connectivity index (χ2n) is 4.01. The molecule has 0 fully saturated rings. The van der Waals surface area contributed by atoms with Gasteiger partial charge in [0.2, 0.25) is 0 Å². The van der Waals surface area contributed by atoms with Crippen molar-refractivity contribution in [3.8, 4) is 0 Å². The Balaban J connectivity index is 2.28. The lowest BCUT2D eigenvalue weighted by atomic mass is 10.1. The third kappa shape index (κ3) is 2.86. The topological polar surface area (TPSA) is 37.8 Å². The third-order valence-electron chi connectivity index (χ3n) is 2.86. The van der Waals surface area contributed by atoms with E-state index in [-0.39, 0.29) is 0 Å². The fourth-order valence-electron chi connectivity index (χ4n) is 1.84. The first-order chi connectivity index (χ1) is 8.35. The van der Waals surface area contributed by atoms with Crippen LogP contribution in [0.15, 0.2) is 30.5 Å². The van der Waals surface area contributed by atoms with Gasteiger partial charge in [0.1, 0.15) is 0 Å². The molecule has 1 heterocycles. The van der Waals surface area contributed by atoms with E-state index in [0.29, 0.717) is 11.9 Å². The summed E-state index contributed by atoms with van der Waals surface area (Å²) in [6.07, 6.45) is 3.74. The molecule has 2 rings (SSSR count). The lowest BCUT2D eigenvalue weighted by molar-refractivity contribution is 0.671. The van der Waals surface area contributed by atoms with Crippen LogP contribution >= 0.6 is 11.6 Å². The van der Waals surface area contributed by atoms with Gasteiger partial charge in [0.15, 0.2) is 5.82 Å². The van der Waals surface area contributed by atoms with Gasteiger partial charge >= 0.3 is 0 Å². The van der Waals surface area contributed by atoms with Crippen molar-refractivity contribution < 1.29 is 0 Å². The molecule has 1 N–H and O–H groups in total. The van der Waals surface area contributed by atoms with Gasteiger partial charge in [-0.2, -0.15) is 5.10 Å². The molecule has 1 unspecified atom stereocenters. The number of hydrogen-bond acceptors (Lipinski definition) is 3. The Morgan fingerprint density at radius 3 is 2.94 bits per heavy atom. The Morgan fingerprint density at radius 2 is 2.18 bits per heavy atom. The van der Waals surface area contributed by atoms with E-state index < -0.39 is 0 Å². The van der Waals surface area contributed by atoms with Crippen LogP contribution in [-0.2, 0) is 0 Å². The minimum absolute atomic E-state index is 0.354. The SMILES string of the molecule is CCC(CCCl)Nc1nncc2ccccc12. The van der Waals surface area contributed by atoms with Gasteiger partial charge in [-0.25, -0.2) is 0 Å². The Bertz CT molecular complexity index is 482. The maximum absolute atomic E-state index is 5.78. The van der Waals surface area contributed by atoms with Crippen LogP contribution in [0, 0.1) is 0 Å². The highest BCUT2D eigenvalue weighted by Crippen LogP contribution is 2.20. The summed E-state index contributed by atoms with van der Waals surface area (Å²) < 4.78 is 0. The summed E-state index contributed by atoms with van der Waals surface area (Å²) in [6.45, 7) is 2.14. The highest BCUT2D eigenvalue weighted by atomic mass is 35.5. The molecule has 1 aromatic carbocycles. The molecule has 2 aromatic rings. The summed E-state index contributed by atoms with van der Waals surface area (Å²) in [4.78, 5) is 0. The number of rotatable bonds is 5. The Labute approximate surface area is 106 Å². The van der Waals surface area contributed by atoms with Crippen molar-refractivity contribution in [1.29, 1.82) is 0 Å². The molecular formula is C13H16ClN3. The third-order valence-corrected chi connectivity index (χ3v) is 3.08. The fourth-order valence-corrected chi connectivity index (χ4v) is 2.10. The summed E-state index contributed by atoms with van der Waals surface area (Å²) >= 11 is 5.78. The van der Waals surface area contributed by atoms with Crippen molar-refractivity contribution in [2.24, 2.45) is 0 Å². The number of halogens is 1. The quantitative estimate of drug-likeness (QED) is 0.825. The van der Waals surface area contributed by atoms with Gasteiger partial charge in [-0.15, -0.1) is 16.7 Å². The minimum atomic E-state index is 0.354. The molecular weight excluding hydrogens is 234 g/mol. The van der Waals surface area contributed by atoms with Crippen LogP contribution in [-0.4, -0.2) is 22.1 Å². The first-order valence-electron chi connectivity index (χ1n) is 5.88. The van der Waals surface area contributed by atoms with Gasteiger partial charge < -0.3 is 5.32 Å². The molecule has 17 heavy (non-hydrogen) atoms. The standard InChI is InChI=1S/C13H16ClN3/c1-2-11(7-8-14)16-13-12-6-4-3-5-10(12)9-15-17-13/h3-6,9,11H,2,7-8H2,1H3,(H,16,17). The molecule has 1 atom stereocenters. The van der Waals surface area contributed by atoms with Crippen LogP contribution in [0.5, 0.6) is 0 Å². The van der Waals surface area contributed by atoms with E-state index in [4.69, 9.17) is 11.6 Å². The van der Waals surface area contributed by atoms with Crippen molar-refractivity contribution in [3.05, 3.63) is 30.5 Å². The van der Waals surface area contributed by atoms with Crippen molar-refractivity contribution >= 4 is 28.2 Å². The molecule has 4 heteroatoms. The molecule has 0 bridgehead atoms. The number of nitrogens with zero attached hydrogens (tertiary/aromatic N) is 2. The van der Waals surface area contributed by atoms with E-state index in [9.17, 15) is 0 Å². The Hall–Kier alpha value is -1.35. The number of hydrogen-bond donors (Lipinski definition) is 1. The Morgan fingerprint density at radius 1 is 1.35 bits per heavy atom. The number of aromatic nitrogens is 2. The molecule has 0 saturated heterocycles. The molecule has 0 aliphatic heterocycles. The van der Waals surface area contributed by atoms with Gasteiger partial charge in [0.25, 0.3) is 0 Å². The fraction of sp³-hybridized carbons (Fsp3) is 0.385. The van der Waals surface area contributed by atoms with Gasteiger partial charge in [0, 0.05) is 22.7 Å². The predicted molar refractivity (Wildman–Crippen MR) is 72.6 cm³/mol. The monoisotopic (exact) mass is 249 g/mol. The maximum Gasteiger partial charge on any atom is 0.156 e. The number of benzene rings is 1. The van der Waals surface area contributed by atoms with Crippen molar-refractivity contribution in [1.82, 2.24) is 10.2 Å². The van der Waals surface area contributed by atoms with E-state index >= 15 is 0 Å². The lowest BCUT2D eigenvalue weighted by Crippen LogP contribution is -2.20. The lowest BCUT2D eigenvalue weighted by Gasteiger charge is -2.16. The highest BCUT2D eigenvalue weighted by Gasteiger charge is 2.08. The molecule has 90 valence electrons. The highest BCUT2D eigenvalue weighted by molar-refractivity contribution is 6.17. The molecule has 0 aliphatic carbocycles. The predicted octanol–water partition coefficient (Wildman–Crippen LogP) is 3.45. The van der Waals surface area contributed by atoms with E-state index in [1.54, 1.807) is 6.20 Å². The molecule has 0 saturated carbocycles. The molecule has 0 spiro atoms. The zero-order chi connectivity index (χ0) is 12.1. The first kappa shape index (κ1) is 12.1. The summed E-state index contributed by atoms with van der Waals surface area (Å²) in [5.41, 5.74) is 0. The summed E-state index contributed by atoms with van der Waals surface area (Å²) in [5.74, 6) is 1.50. The zero-order valence-corrected chi connectivity index (χ0v) is 10.6. The van der Waals surface area contributed by atoms with Gasteiger partial charge in [0.05, 0.1) is 6.20 Å². The minimum Gasteiger partial charge on any atom is -0.365 e. The van der Waals surface area contributed by atoms with Crippen LogP contribution in [0.3, 0.4) is 0 Å². The summed E-state index contributed by atoms with van der Waals surface area (Å²) in [6, 6.07) is 8.46. The van der Waals surface area contributed by atoms with Crippen molar-refractivity contribution in [2.75, 3.05) is 11.2 Å². The van der Waals surface area contributed by atoms with Crippen LogP contribution in [0.25, 0.3) is 10.8 Å². The van der Waals surface area contributed by atoms with Crippen molar-refractivity contribution in [3.63, 3.8) is 0 Å². The summed E-state index contributed by atoms with van der Waals surface area (Å²) in [5, 5.41) is 13.8. The largest absolute Gasteiger partial charge is 0.365 e. The Kier molecular flexibility index (Phi) is 4.15. The van der Waals surface area contributed by atoms with Gasteiger partial charge in [-0.1, -0.05) is 31.2 Å². The van der Waals surface area contributed by atoms with Gasteiger partial charge in [-0.3, -0.25) is 0 Å². The van der Waals surface area contributed by atoms with Crippen LogP contribution < -0.4 is 5.32 Å². The molecule has 0 aliphatic rings. The average Bonchev–Trinajstić information content (AvgIpc) is 2.38. The van der Waals surface area contributed by atoms with E-state index in [1.807, 2.05) is 18.2 Å². The normalized spacial score (nSPS) is 12.6. The second-order valence-corrected chi connectivity index (χ2v) is 4.39. The molecule has 0 radical (unpaired) electrons. The van der Waals surface area contributed by atoms with E-state index in [0.717, 1.165) is 29.4 Å². The average molecular weight is 250 g/mol. The van der Waals surface area contributed by atoms with E-state index in [1.165, 1.54) is 0 Å². The van der Waals surface area contributed by atoms with Crippen LogP contribution in [0.2, 0.25) is 0 Å². The first-order valence-corrected chi connectivity index (χ1v) is 6.41. The summed E-state index contributed by atoms with van der Waals surface area (Å²) in [7, 11) is 0. The molecule has 0 amide bonds. The second kappa shape index (κ2) is 5.82. The smallest absolute Gasteiger partial charge is 0.156 e. The molecule has 3 nitrogen and oxygen atoms in total. The van der Waals surface area contributed by atoms with Gasteiger partial charge in [-0.05, 0) is 12.8 Å². The van der Waals surface area contributed by atoms with Crippen molar-refractivity contribution in [2.45, 2.75) is 25.8 Å². The number of anilines is 1. The molecule has 1 aromatic heterocycles.